The van der Waals surface area contributed by atoms with Crippen LogP contribution in [-0.2, 0) is 35.4 Å². The number of rotatable bonds is 14. The second-order valence-corrected chi connectivity index (χ2v) is 12.5. The first kappa shape index (κ1) is 35.9. The van der Waals surface area contributed by atoms with Crippen LogP contribution in [-0.4, -0.2) is 80.1 Å². The van der Waals surface area contributed by atoms with E-state index in [2.05, 4.69) is 5.32 Å². The van der Waals surface area contributed by atoms with Gasteiger partial charge in [0, 0.05) is 48.9 Å². The van der Waals surface area contributed by atoms with Gasteiger partial charge >= 0.3 is 11.9 Å². The number of aliphatic hydroxyl groups is 1. The zero-order valence-corrected chi connectivity index (χ0v) is 26.8. The van der Waals surface area contributed by atoms with E-state index < -0.39 is 71.9 Å². The SMILES string of the molecule is CC(C)(C)[C@H](c1cc(-c2cc(F)ccc2F)cn1Cc1ccccc1)N(CC[C@H](NCC(=O)ON1C(=O)CCC1=O)C(=O)O)C(=O)CO. The van der Waals surface area contributed by atoms with Gasteiger partial charge in [0.25, 0.3) is 11.8 Å². The van der Waals surface area contributed by atoms with Crippen molar-refractivity contribution >= 4 is 29.7 Å². The number of amides is 3. The molecule has 2 heterocycles. The number of imide groups is 1. The smallest absolute Gasteiger partial charge is 0.346 e. The van der Waals surface area contributed by atoms with Gasteiger partial charge in [0.1, 0.15) is 24.3 Å². The molecule has 256 valence electrons. The van der Waals surface area contributed by atoms with E-state index in [1.54, 1.807) is 12.3 Å². The maximum absolute atomic E-state index is 15.0. The molecule has 14 heteroatoms. The summed E-state index contributed by atoms with van der Waals surface area (Å²) in [6, 6.07) is 11.9. The van der Waals surface area contributed by atoms with Gasteiger partial charge in [0.15, 0.2) is 0 Å². The standard InChI is InChI=1S/C34H38F2N4O8/c1-34(2,3)32(27-15-22(24-16-23(35)9-10-25(24)36)19-38(27)18-21-7-5-4-6-8-21)39(30(44)20-41)14-13-26(33(46)47)37-17-31(45)48-40-28(42)11-12-29(40)43/h4-10,15-16,19,26,32,37,41H,11-14,17-18,20H2,1-3H3,(H,46,47)/t26-,32-/m0/s1. The summed E-state index contributed by atoms with van der Waals surface area (Å²) in [5.41, 5.74) is 1.03. The molecule has 48 heavy (non-hydrogen) atoms. The summed E-state index contributed by atoms with van der Waals surface area (Å²) in [4.78, 5) is 67.5. The van der Waals surface area contributed by atoms with E-state index in [1.807, 2.05) is 55.7 Å². The minimum atomic E-state index is -1.38. The first-order valence-electron chi connectivity index (χ1n) is 15.3. The van der Waals surface area contributed by atoms with Crippen molar-refractivity contribution in [1.82, 2.24) is 19.8 Å². The van der Waals surface area contributed by atoms with Crippen molar-refractivity contribution in [1.29, 1.82) is 0 Å². The monoisotopic (exact) mass is 668 g/mol. The van der Waals surface area contributed by atoms with Gasteiger partial charge in [-0.3, -0.25) is 24.5 Å². The third-order valence-corrected chi connectivity index (χ3v) is 7.88. The number of halogens is 2. The number of aliphatic hydroxyl groups excluding tert-OH is 1. The fraction of sp³-hybridized carbons (Fsp3) is 0.382. The highest BCUT2D eigenvalue weighted by molar-refractivity contribution is 6.01. The highest BCUT2D eigenvalue weighted by atomic mass is 19.1. The average molecular weight is 669 g/mol. The average Bonchev–Trinajstić information content (AvgIpc) is 3.58. The van der Waals surface area contributed by atoms with Crippen LogP contribution in [0.25, 0.3) is 11.1 Å². The summed E-state index contributed by atoms with van der Waals surface area (Å²) < 4.78 is 31.0. The molecular weight excluding hydrogens is 630 g/mol. The van der Waals surface area contributed by atoms with E-state index in [1.165, 1.54) is 4.90 Å². The molecule has 4 rings (SSSR count). The first-order chi connectivity index (χ1) is 22.7. The second kappa shape index (κ2) is 15.3. The lowest BCUT2D eigenvalue weighted by Crippen LogP contribution is -2.48. The molecule has 1 saturated heterocycles. The number of carbonyl (C=O) groups excluding carboxylic acids is 4. The largest absolute Gasteiger partial charge is 0.480 e. The molecule has 1 aliphatic rings. The van der Waals surface area contributed by atoms with Gasteiger partial charge in [-0.05, 0) is 41.7 Å². The first-order valence-corrected chi connectivity index (χ1v) is 15.3. The lowest BCUT2D eigenvalue weighted by Gasteiger charge is -2.41. The predicted molar refractivity (Wildman–Crippen MR) is 168 cm³/mol. The molecule has 1 fully saturated rings. The van der Waals surface area contributed by atoms with Crippen molar-refractivity contribution in [3.8, 4) is 11.1 Å². The number of nitrogens with zero attached hydrogens (tertiary/aromatic N) is 3. The Bertz CT molecular complexity index is 1650. The highest BCUT2D eigenvalue weighted by Gasteiger charge is 2.38. The number of carboxylic acid groups (broad SMARTS) is 1. The van der Waals surface area contributed by atoms with Crippen LogP contribution >= 0.6 is 0 Å². The summed E-state index contributed by atoms with van der Waals surface area (Å²) in [5, 5.41) is 22.8. The zero-order chi connectivity index (χ0) is 35.2. The van der Waals surface area contributed by atoms with Gasteiger partial charge in [-0.2, -0.15) is 0 Å². The maximum atomic E-state index is 15.0. The Morgan fingerprint density at radius 3 is 2.29 bits per heavy atom. The number of benzene rings is 2. The maximum Gasteiger partial charge on any atom is 0.346 e. The highest BCUT2D eigenvalue weighted by Crippen LogP contribution is 2.41. The fourth-order valence-electron chi connectivity index (χ4n) is 5.68. The van der Waals surface area contributed by atoms with Crippen molar-refractivity contribution in [2.75, 3.05) is 19.7 Å². The van der Waals surface area contributed by atoms with Crippen molar-refractivity contribution in [2.24, 2.45) is 5.41 Å². The van der Waals surface area contributed by atoms with Crippen molar-refractivity contribution in [3.63, 3.8) is 0 Å². The predicted octanol–water partition coefficient (Wildman–Crippen LogP) is 3.43. The molecular formula is C34H38F2N4O8. The molecule has 2 atom stereocenters. The molecule has 0 spiro atoms. The summed E-state index contributed by atoms with van der Waals surface area (Å²) in [7, 11) is 0. The van der Waals surface area contributed by atoms with Gasteiger partial charge in [0.2, 0.25) is 5.91 Å². The van der Waals surface area contributed by atoms with Crippen molar-refractivity contribution < 1.29 is 47.8 Å². The molecule has 2 aromatic carbocycles. The van der Waals surface area contributed by atoms with E-state index >= 15 is 0 Å². The number of hydrogen-bond donors (Lipinski definition) is 3. The molecule has 0 saturated carbocycles. The van der Waals surface area contributed by atoms with E-state index in [4.69, 9.17) is 4.84 Å². The number of aromatic nitrogens is 1. The van der Waals surface area contributed by atoms with Crippen LogP contribution in [0.1, 0.15) is 57.3 Å². The minimum absolute atomic E-state index is 0.00936. The molecule has 0 unspecified atom stereocenters. The van der Waals surface area contributed by atoms with E-state index in [9.17, 15) is 43.0 Å². The van der Waals surface area contributed by atoms with E-state index in [0.717, 1.165) is 23.8 Å². The quantitative estimate of drug-likeness (QED) is 0.219. The van der Waals surface area contributed by atoms with Crippen LogP contribution in [0.2, 0.25) is 0 Å². The van der Waals surface area contributed by atoms with Crippen LogP contribution in [0.3, 0.4) is 0 Å². The van der Waals surface area contributed by atoms with Gasteiger partial charge < -0.3 is 24.5 Å². The number of hydroxylamine groups is 2. The Kier molecular flexibility index (Phi) is 11.4. The van der Waals surface area contributed by atoms with Gasteiger partial charge in [-0.25, -0.2) is 13.6 Å². The van der Waals surface area contributed by atoms with Crippen LogP contribution < -0.4 is 5.32 Å². The number of carbonyl (C=O) groups is 5. The Morgan fingerprint density at radius 1 is 1.02 bits per heavy atom. The molecule has 1 aliphatic heterocycles. The van der Waals surface area contributed by atoms with E-state index in [-0.39, 0.29) is 31.4 Å². The lowest BCUT2D eigenvalue weighted by molar-refractivity contribution is -0.196. The number of carboxylic acids is 1. The number of nitrogens with one attached hydrogen (secondary N) is 1. The van der Waals surface area contributed by atoms with Crippen LogP contribution in [0.15, 0.2) is 60.8 Å². The van der Waals surface area contributed by atoms with Gasteiger partial charge in [0.05, 0.1) is 12.6 Å². The third-order valence-electron chi connectivity index (χ3n) is 7.88. The number of aliphatic carboxylic acids is 1. The lowest BCUT2D eigenvalue weighted by atomic mass is 9.82. The van der Waals surface area contributed by atoms with Crippen LogP contribution in [0, 0.1) is 17.0 Å². The topological polar surface area (TPSA) is 158 Å². The Labute approximate surface area is 275 Å². The van der Waals surface area contributed by atoms with E-state index in [0.29, 0.717) is 22.9 Å². The zero-order valence-electron chi connectivity index (χ0n) is 26.8. The van der Waals surface area contributed by atoms with Gasteiger partial charge in [-0.15, -0.1) is 5.06 Å². The summed E-state index contributed by atoms with van der Waals surface area (Å²) in [6.45, 7) is 4.08. The van der Waals surface area contributed by atoms with Crippen molar-refractivity contribution in [2.45, 2.75) is 58.7 Å². The third kappa shape index (κ3) is 8.69. The molecule has 3 amide bonds. The minimum Gasteiger partial charge on any atom is -0.480 e. The molecule has 0 aliphatic carbocycles. The molecule has 3 N–H and O–H groups in total. The van der Waals surface area contributed by atoms with Crippen LogP contribution in [0.5, 0.6) is 0 Å². The molecule has 0 radical (unpaired) electrons. The summed E-state index contributed by atoms with van der Waals surface area (Å²) >= 11 is 0. The molecule has 0 bridgehead atoms. The second-order valence-electron chi connectivity index (χ2n) is 12.5. The van der Waals surface area contributed by atoms with Crippen LogP contribution in [0.4, 0.5) is 8.78 Å². The Balaban J connectivity index is 1.65. The number of hydrogen-bond acceptors (Lipinski definition) is 8. The molecule has 3 aromatic rings. The molecule has 12 nitrogen and oxygen atoms in total. The normalized spacial score (nSPS) is 14.6. The van der Waals surface area contributed by atoms with Gasteiger partial charge in [-0.1, -0.05) is 51.1 Å². The fourth-order valence-corrected chi connectivity index (χ4v) is 5.68. The van der Waals surface area contributed by atoms with Crippen molar-refractivity contribution in [3.05, 3.63) is 83.7 Å². The molecule has 1 aromatic heterocycles. The Morgan fingerprint density at radius 2 is 1.69 bits per heavy atom. The summed E-state index contributed by atoms with van der Waals surface area (Å²) in [6.07, 6.45) is 1.22. The summed E-state index contributed by atoms with van der Waals surface area (Å²) in [5.74, 6) is -5.78. The Hall–Kier alpha value is -4.95.